The second-order valence-electron chi connectivity index (χ2n) is 4.41. The Morgan fingerprint density at radius 3 is 2.54 bits per heavy atom. The Morgan fingerprint density at radius 1 is 1.54 bits per heavy atom. The lowest BCUT2D eigenvalue weighted by Crippen LogP contribution is -2.24. The molecule has 2 heteroatoms. The van der Waals surface area contributed by atoms with E-state index in [2.05, 4.69) is 20.8 Å². The molecule has 0 saturated heterocycles. The normalized spacial score (nSPS) is 27.0. The maximum Gasteiger partial charge on any atom is 0.0665 e. The Kier molecular flexibility index (Phi) is 3.14. The van der Waals surface area contributed by atoms with Crippen molar-refractivity contribution in [3.8, 4) is 0 Å². The van der Waals surface area contributed by atoms with Crippen molar-refractivity contribution in [2.45, 2.75) is 39.7 Å². The van der Waals surface area contributed by atoms with Gasteiger partial charge in [-0.15, -0.1) is 0 Å². The van der Waals surface area contributed by atoms with Gasteiger partial charge in [0.25, 0.3) is 0 Å². The average Bonchev–Trinajstić information content (AvgIpc) is 2.26. The number of rotatable bonds is 3. The van der Waals surface area contributed by atoms with Gasteiger partial charge in [0.1, 0.15) is 0 Å². The van der Waals surface area contributed by atoms with Crippen LogP contribution in [-0.2, 0) is 4.74 Å². The first kappa shape index (κ1) is 10.7. The summed E-state index contributed by atoms with van der Waals surface area (Å²) in [6, 6.07) is 0. The van der Waals surface area contributed by atoms with Crippen molar-refractivity contribution >= 4 is 0 Å². The van der Waals surface area contributed by atoms with Gasteiger partial charge in [0.05, 0.1) is 6.10 Å². The zero-order valence-corrected chi connectivity index (χ0v) is 9.05. The molecule has 1 rings (SSSR count). The van der Waals surface area contributed by atoms with E-state index >= 15 is 0 Å². The predicted molar refractivity (Wildman–Crippen MR) is 53.6 cm³/mol. The number of hydrogen-bond acceptors (Lipinski definition) is 2. The summed E-state index contributed by atoms with van der Waals surface area (Å²) in [6.45, 7) is 7.09. The Morgan fingerprint density at radius 2 is 2.15 bits per heavy atom. The fraction of sp³-hybridized carbons (Fsp3) is 0.818. The Bertz CT molecular complexity index is 216. The van der Waals surface area contributed by atoms with E-state index in [9.17, 15) is 5.11 Å². The SMILES string of the molecule is COCCC1=C(C)C(C)(C)C(O)C1. The van der Waals surface area contributed by atoms with Crippen LogP contribution in [0.5, 0.6) is 0 Å². The van der Waals surface area contributed by atoms with Crippen molar-refractivity contribution < 1.29 is 9.84 Å². The number of ether oxygens (including phenoxy) is 1. The van der Waals surface area contributed by atoms with E-state index < -0.39 is 0 Å². The summed E-state index contributed by atoms with van der Waals surface area (Å²) in [4.78, 5) is 0. The smallest absolute Gasteiger partial charge is 0.0665 e. The molecular weight excluding hydrogens is 164 g/mol. The lowest BCUT2D eigenvalue weighted by Gasteiger charge is -2.24. The van der Waals surface area contributed by atoms with Crippen LogP contribution in [0.2, 0.25) is 0 Å². The van der Waals surface area contributed by atoms with Crippen LogP contribution >= 0.6 is 0 Å². The van der Waals surface area contributed by atoms with Crippen LogP contribution in [0.3, 0.4) is 0 Å². The molecule has 76 valence electrons. The molecule has 0 spiro atoms. The second-order valence-corrected chi connectivity index (χ2v) is 4.41. The molecule has 0 fully saturated rings. The van der Waals surface area contributed by atoms with E-state index in [4.69, 9.17) is 4.74 Å². The van der Waals surface area contributed by atoms with Crippen molar-refractivity contribution in [2.24, 2.45) is 5.41 Å². The van der Waals surface area contributed by atoms with Crippen molar-refractivity contribution in [2.75, 3.05) is 13.7 Å². The van der Waals surface area contributed by atoms with Gasteiger partial charge in [-0.3, -0.25) is 0 Å². The fourth-order valence-electron chi connectivity index (χ4n) is 1.86. The molecule has 13 heavy (non-hydrogen) atoms. The van der Waals surface area contributed by atoms with E-state index in [1.807, 2.05) is 0 Å². The van der Waals surface area contributed by atoms with Crippen LogP contribution in [-0.4, -0.2) is 24.9 Å². The quantitative estimate of drug-likeness (QED) is 0.681. The number of hydrogen-bond donors (Lipinski definition) is 1. The van der Waals surface area contributed by atoms with Crippen molar-refractivity contribution in [3.63, 3.8) is 0 Å². The van der Waals surface area contributed by atoms with E-state index in [1.54, 1.807) is 7.11 Å². The first-order valence-electron chi connectivity index (χ1n) is 4.86. The van der Waals surface area contributed by atoms with Crippen LogP contribution in [0.15, 0.2) is 11.1 Å². The van der Waals surface area contributed by atoms with Crippen LogP contribution in [0, 0.1) is 5.41 Å². The average molecular weight is 184 g/mol. The molecule has 0 aromatic carbocycles. The van der Waals surface area contributed by atoms with Gasteiger partial charge in [-0.2, -0.15) is 0 Å². The molecule has 1 N–H and O–H groups in total. The largest absolute Gasteiger partial charge is 0.392 e. The summed E-state index contributed by atoms with van der Waals surface area (Å²) in [6.07, 6.45) is 1.57. The maximum absolute atomic E-state index is 9.81. The van der Waals surface area contributed by atoms with Crippen LogP contribution in [0.1, 0.15) is 33.6 Å². The first-order chi connectivity index (χ1) is 6.00. The first-order valence-corrected chi connectivity index (χ1v) is 4.86. The van der Waals surface area contributed by atoms with Crippen LogP contribution < -0.4 is 0 Å². The lowest BCUT2D eigenvalue weighted by atomic mass is 9.84. The molecule has 1 unspecified atom stereocenters. The molecule has 2 nitrogen and oxygen atoms in total. The molecular formula is C11H20O2. The van der Waals surface area contributed by atoms with E-state index in [0.29, 0.717) is 0 Å². The van der Waals surface area contributed by atoms with Gasteiger partial charge in [0.2, 0.25) is 0 Å². The highest BCUT2D eigenvalue weighted by Crippen LogP contribution is 2.43. The minimum atomic E-state index is -0.209. The molecule has 0 heterocycles. The molecule has 1 aliphatic carbocycles. The summed E-state index contributed by atoms with van der Waals surface area (Å²) >= 11 is 0. The molecule has 0 radical (unpaired) electrons. The molecule has 0 amide bonds. The van der Waals surface area contributed by atoms with E-state index in [1.165, 1.54) is 11.1 Å². The van der Waals surface area contributed by atoms with Crippen molar-refractivity contribution in [3.05, 3.63) is 11.1 Å². The molecule has 0 aromatic rings. The highest BCUT2D eigenvalue weighted by Gasteiger charge is 2.37. The molecule has 0 aliphatic heterocycles. The summed E-state index contributed by atoms with van der Waals surface area (Å²) in [5, 5.41) is 9.81. The van der Waals surface area contributed by atoms with E-state index in [-0.39, 0.29) is 11.5 Å². The van der Waals surface area contributed by atoms with Gasteiger partial charge < -0.3 is 9.84 Å². The molecule has 1 aliphatic rings. The standard InChI is InChI=1S/C11H20O2/c1-8-9(5-6-13-4)7-10(12)11(8,2)3/h10,12H,5-7H2,1-4H3. The van der Waals surface area contributed by atoms with Gasteiger partial charge in [0, 0.05) is 19.1 Å². The maximum atomic E-state index is 9.81. The summed E-state index contributed by atoms with van der Waals surface area (Å²) < 4.78 is 5.04. The highest BCUT2D eigenvalue weighted by atomic mass is 16.5. The third-order valence-corrected chi connectivity index (χ3v) is 3.38. The third kappa shape index (κ3) is 1.94. The third-order valence-electron chi connectivity index (χ3n) is 3.38. The summed E-state index contributed by atoms with van der Waals surface area (Å²) in [5.74, 6) is 0. The van der Waals surface area contributed by atoms with Gasteiger partial charge in [-0.25, -0.2) is 0 Å². The Hall–Kier alpha value is -0.340. The van der Waals surface area contributed by atoms with E-state index in [0.717, 1.165) is 19.4 Å². The van der Waals surface area contributed by atoms with Crippen molar-refractivity contribution in [1.82, 2.24) is 0 Å². The number of aliphatic hydroxyl groups excluding tert-OH is 1. The Balaban J connectivity index is 2.70. The second kappa shape index (κ2) is 3.81. The predicted octanol–water partition coefficient (Wildman–Crippen LogP) is 2.13. The minimum Gasteiger partial charge on any atom is -0.392 e. The van der Waals surface area contributed by atoms with Gasteiger partial charge in [-0.1, -0.05) is 25.0 Å². The monoisotopic (exact) mass is 184 g/mol. The van der Waals surface area contributed by atoms with Crippen molar-refractivity contribution in [1.29, 1.82) is 0 Å². The lowest BCUT2D eigenvalue weighted by molar-refractivity contribution is 0.0898. The number of aliphatic hydroxyl groups is 1. The summed E-state index contributed by atoms with van der Waals surface area (Å²) in [7, 11) is 1.71. The van der Waals surface area contributed by atoms with Crippen LogP contribution in [0.25, 0.3) is 0 Å². The zero-order valence-electron chi connectivity index (χ0n) is 9.05. The van der Waals surface area contributed by atoms with Gasteiger partial charge in [0.15, 0.2) is 0 Å². The zero-order chi connectivity index (χ0) is 10.1. The molecule has 0 saturated carbocycles. The van der Waals surface area contributed by atoms with Crippen LogP contribution in [0.4, 0.5) is 0 Å². The summed E-state index contributed by atoms with van der Waals surface area (Å²) in [5.41, 5.74) is 2.68. The number of methoxy groups -OCH3 is 1. The molecule has 0 bridgehead atoms. The molecule has 0 aromatic heterocycles. The van der Waals surface area contributed by atoms with Gasteiger partial charge >= 0.3 is 0 Å². The minimum absolute atomic E-state index is 0.0386. The highest BCUT2D eigenvalue weighted by molar-refractivity contribution is 5.28. The van der Waals surface area contributed by atoms with Gasteiger partial charge in [-0.05, 0) is 19.8 Å². The topological polar surface area (TPSA) is 29.5 Å². The molecule has 1 atom stereocenters. The fourth-order valence-corrected chi connectivity index (χ4v) is 1.86. The Labute approximate surface area is 80.6 Å².